The van der Waals surface area contributed by atoms with Crippen LogP contribution in [-0.2, 0) is 16.1 Å². The maximum atomic E-state index is 14.7. The van der Waals surface area contributed by atoms with Crippen molar-refractivity contribution in [2.75, 3.05) is 32.1 Å². The molecule has 34 heavy (non-hydrogen) atoms. The summed E-state index contributed by atoms with van der Waals surface area (Å²) in [5, 5.41) is 6.18. The number of methoxy groups -OCH3 is 1. The van der Waals surface area contributed by atoms with Crippen LogP contribution in [0.25, 0.3) is 22.3 Å². The van der Waals surface area contributed by atoms with E-state index in [2.05, 4.69) is 10.6 Å². The van der Waals surface area contributed by atoms with Gasteiger partial charge in [0.05, 0.1) is 13.7 Å². The molecule has 3 aromatic rings. The first-order valence-corrected chi connectivity index (χ1v) is 11.3. The van der Waals surface area contributed by atoms with Gasteiger partial charge < -0.3 is 25.8 Å². The Hall–Kier alpha value is -3.26. The topological polar surface area (TPSA) is 85.6 Å². The Kier molecular flexibility index (Phi) is 7.26. The molecule has 0 saturated carbocycles. The maximum Gasteiger partial charge on any atom is 0.254 e. The lowest BCUT2D eigenvalue weighted by molar-refractivity contribution is -0.128. The van der Waals surface area contributed by atoms with Crippen molar-refractivity contribution in [1.82, 2.24) is 5.32 Å². The number of ether oxygens (including phenoxy) is 2. The van der Waals surface area contributed by atoms with Gasteiger partial charge in [-0.25, -0.2) is 4.39 Å². The van der Waals surface area contributed by atoms with Crippen molar-refractivity contribution in [1.29, 1.82) is 0 Å². The molecule has 178 valence electrons. The second-order valence-corrected chi connectivity index (χ2v) is 8.35. The number of hydrogen-bond donors (Lipinski definition) is 3. The number of benzene rings is 3. The number of nitrogens with one attached hydrogen (secondary N) is 2. The van der Waals surface area contributed by atoms with Gasteiger partial charge in [-0.3, -0.25) is 4.79 Å². The predicted octanol–water partition coefficient (Wildman–Crippen LogP) is 4.17. The van der Waals surface area contributed by atoms with E-state index in [1.54, 1.807) is 0 Å². The monoisotopic (exact) mass is 463 g/mol. The van der Waals surface area contributed by atoms with Gasteiger partial charge in [0.15, 0.2) is 0 Å². The van der Waals surface area contributed by atoms with E-state index in [1.807, 2.05) is 56.3 Å². The first kappa shape index (κ1) is 23.9. The summed E-state index contributed by atoms with van der Waals surface area (Å²) < 4.78 is 25.7. The zero-order chi connectivity index (χ0) is 24.2. The molecule has 7 heteroatoms. The molecular formula is C27H30FN3O3. The van der Waals surface area contributed by atoms with Crippen molar-refractivity contribution >= 4 is 11.6 Å². The number of morpholine rings is 1. The Bertz CT molecular complexity index is 1210. The third-order valence-corrected chi connectivity index (χ3v) is 6.33. The Morgan fingerprint density at radius 3 is 2.53 bits per heavy atom. The van der Waals surface area contributed by atoms with Gasteiger partial charge in [0, 0.05) is 30.9 Å². The highest BCUT2D eigenvalue weighted by Crippen LogP contribution is 2.37. The highest BCUT2D eigenvalue weighted by molar-refractivity contribution is 5.96. The molecule has 1 fully saturated rings. The van der Waals surface area contributed by atoms with Crippen LogP contribution in [0.5, 0.6) is 5.75 Å². The van der Waals surface area contributed by atoms with E-state index in [0.717, 1.165) is 45.6 Å². The van der Waals surface area contributed by atoms with Crippen molar-refractivity contribution in [3.8, 4) is 28.0 Å². The van der Waals surface area contributed by atoms with Gasteiger partial charge in [-0.15, -0.1) is 0 Å². The third-order valence-electron chi connectivity index (χ3n) is 6.33. The number of nitrogens with two attached hydrogens (primary N) is 1. The summed E-state index contributed by atoms with van der Waals surface area (Å²) in [6, 6.07) is 15.1. The normalized spacial score (nSPS) is 15.7. The molecule has 3 aromatic carbocycles. The molecule has 1 aliphatic rings. The number of rotatable bonds is 6. The van der Waals surface area contributed by atoms with E-state index in [4.69, 9.17) is 15.2 Å². The Morgan fingerprint density at radius 1 is 1.15 bits per heavy atom. The smallest absolute Gasteiger partial charge is 0.254 e. The first-order valence-electron chi connectivity index (χ1n) is 11.3. The molecule has 4 N–H and O–H groups in total. The van der Waals surface area contributed by atoms with Crippen LogP contribution in [0.1, 0.15) is 16.7 Å². The van der Waals surface area contributed by atoms with Crippen LogP contribution in [0.15, 0.2) is 48.5 Å². The lowest BCUT2D eigenvalue weighted by Crippen LogP contribution is -2.45. The van der Waals surface area contributed by atoms with E-state index >= 15 is 0 Å². The summed E-state index contributed by atoms with van der Waals surface area (Å²) in [6.45, 7) is 5.82. The van der Waals surface area contributed by atoms with Crippen LogP contribution in [0.2, 0.25) is 0 Å². The SMILES string of the molecule is COc1cc(-c2cccc(-c3cccc(NC(=O)[C@H]4CNCCO4)c3C)c2C)cc(F)c1CN. The second kappa shape index (κ2) is 10.3. The highest BCUT2D eigenvalue weighted by atomic mass is 19.1. The maximum absolute atomic E-state index is 14.7. The van der Waals surface area contributed by atoms with Crippen LogP contribution in [0.4, 0.5) is 10.1 Å². The van der Waals surface area contributed by atoms with Crippen molar-refractivity contribution in [2.24, 2.45) is 5.73 Å². The van der Waals surface area contributed by atoms with Crippen LogP contribution < -0.4 is 21.1 Å². The Labute approximate surface area is 199 Å². The summed E-state index contributed by atoms with van der Waals surface area (Å²) in [7, 11) is 1.51. The fourth-order valence-corrected chi connectivity index (χ4v) is 4.40. The molecule has 1 saturated heterocycles. The average Bonchev–Trinajstić information content (AvgIpc) is 2.85. The van der Waals surface area contributed by atoms with Crippen molar-refractivity contribution in [3.05, 3.63) is 71.0 Å². The number of amides is 1. The molecule has 6 nitrogen and oxygen atoms in total. The Balaban J connectivity index is 1.70. The summed E-state index contributed by atoms with van der Waals surface area (Å²) >= 11 is 0. The van der Waals surface area contributed by atoms with Crippen LogP contribution >= 0.6 is 0 Å². The van der Waals surface area contributed by atoms with E-state index < -0.39 is 6.10 Å². The highest BCUT2D eigenvalue weighted by Gasteiger charge is 2.23. The van der Waals surface area contributed by atoms with Crippen LogP contribution in [-0.4, -0.2) is 38.8 Å². The van der Waals surface area contributed by atoms with Crippen molar-refractivity contribution in [3.63, 3.8) is 0 Å². The molecule has 1 heterocycles. The molecule has 0 aliphatic carbocycles. The van der Waals surface area contributed by atoms with E-state index in [0.29, 0.717) is 24.5 Å². The molecule has 0 bridgehead atoms. The summed E-state index contributed by atoms with van der Waals surface area (Å²) in [4.78, 5) is 12.7. The number of anilines is 1. The molecule has 4 rings (SSSR count). The first-order chi connectivity index (χ1) is 16.4. The number of halogens is 1. The lowest BCUT2D eigenvalue weighted by atomic mass is 9.90. The van der Waals surface area contributed by atoms with Gasteiger partial charge in [0.25, 0.3) is 5.91 Å². The third kappa shape index (κ3) is 4.68. The lowest BCUT2D eigenvalue weighted by Gasteiger charge is -2.23. The summed E-state index contributed by atoms with van der Waals surface area (Å²) in [5.74, 6) is -0.120. The van der Waals surface area contributed by atoms with Crippen molar-refractivity contribution < 1.29 is 18.7 Å². The fourth-order valence-electron chi connectivity index (χ4n) is 4.40. The van der Waals surface area contributed by atoms with Gasteiger partial charge >= 0.3 is 0 Å². The number of carbonyl (C=O) groups excluding carboxylic acids is 1. The van der Waals surface area contributed by atoms with Crippen molar-refractivity contribution in [2.45, 2.75) is 26.5 Å². The zero-order valence-corrected chi connectivity index (χ0v) is 19.7. The molecule has 1 amide bonds. The van der Waals surface area contributed by atoms with Gasteiger partial charge in [-0.1, -0.05) is 30.3 Å². The van der Waals surface area contributed by atoms with E-state index in [-0.39, 0.29) is 18.3 Å². The molecule has 0 spiro atoms. The Morgan fingerprint density at radius 2 is 1.85 bits per heavy atom. The van der Waals surface area contributed by atoms with E-state index in [1.165, 1.54) is 13.2 Å². The number of hydrogen-bond acceptors (Lipinski definition) is 5. The minimum absolute atomic E-state index is 0.0635. The molecule has 1 aliphatic heterocycles. The molecule has 0 radical (unpaired) electrons. The second-order valence-electron chi connectivity index (χ2n) is 8.35. The van der Waals surface area contributed by atoms with Gasteiger partial charge in [0.1, 0.15) is 17.7 Å². The summed E-state index contributed by atoms with van der Waals surface area (Å²) in [6.07, 6.45) is -0.511. The molecular weight excluding hydrogens is 433 g/mol. The molecule has 0 aromatic heterocycles. The minimum Gasteiger partial charge on any atom is -0.496 e. The van der Waals surface area contributed by atoms with Gasteiger partial charge in [-0.2, -0.15) is 0 Å². The minimum atomic E-state index is -0.511. The predicted molar refractivity (Wildman–Crippen MR) is 132 cm³/mol. The quantitative estimate of drug-likeness (QED) is 0.511. The van der Waals surface area contributed by atoms with Crippen LogP contribution in [0, 0.1) is 19.7 Å². The largest absolute Gasteiger partial charge is 0.496 e. The fraction of sp³-hybridized carbons (Fsp3) is 0.296. The number of carbonyl (C=O) groups is 1. The van der Waals surface area contributed by atoms with E-state index in [9.17, 15) is 9.18 Å². The zero-order valence-electron chi connectivity index (χ0n) is 19.7. The summed E-state index contributed by atoms with van der Waals surface area (Å²) in [5.41, 5.74) is 12.3. The molecule has 0 unspecified atom stereocenters. The molecule has 1 atom stereocenters. The van der Waals surface area contributed by atoms with Crippen LogP contribution in [0.3, 0.4) is 0 Å². The average molecular weight is 464 g/mol. The standard InChI is InChI=1S/C27H30FN3O3/c1-16-19(18-12-23(28)22(14-29)25(13-18)33-3)6-4-7-20(16)21-8-5-9-24(17(21)2)31-27(32)26-15-30-10-11-34-26/h4-9,12-13,26,30H,10-11,14-15,29H2,1-3H3,(H,31,32)/t26-/m1/s1. The van der Waals surface area contributed by atoms with Gasteiger partial charge in [0.2, 0.25) is 0 Å². The van der Waals surface area contributed by atoms with Gasteiger partial charge in [-0.05, 0) is 65.4 Å².